The summed E-state index contributed by atoms with van der Waals surface area (Å²) in [6, 6.07) is 3.11. The van der Waals surface area contributed by atoms with Crippen LogP contribution in [0, 0.1) is 11.7 Å². The van der Waals surface area contributed by atoms with E-state index in [2.05, 4.69) is 14.8 Å². The van der Waals surface area contributed by atoms with Crippen LogP contribution >= 0.6 is 0 Å². The van der Waals surface area contributed by atoms with Gasteiger partial charge in [0.05, 0.1) is 15.8 Å². The molecule has 1 aromatic rings. The summed E-state index contributed by atoms with van der Waals surface area (Å²) in [5.74, 6) is -0.501. The van der Waals surface area contributed by atoms with Crippen molar-refractivity contribution in [1.29, 1.82) is 0 Å². The maximum absolute atomic E-state index is 14.1. The van der Waals surface area contributed by atoms with Crippen molar-refractivity contribution in [3.63, 3.8) is 0 Å². The van der Waals surface area contributed by atoms with E-state index in [0.717, 1.165) is 31.6 Å². The normalized spacial score (nSPS) is 18.6. The Morgan fingerprint density at radius 3 is 2.56 bits per heavy atom. The molecule has 1 saturated heterocycles. The lowest BCUT2D eigenvalue weighted by atomic mass is 10.1. The number of hydrogen-bond donors (Lipinski definition) is 3. The second-order valence-corrected chi connectivity index (χ2v) is 10.4. The fourth-order valence-corrected chi connectivity index (χ4v) is 4.23. The van der Waals surface area contributed by atoms with Gasteiger partial charge in [-0.25, -0.2) is 25.9 Å². The summed E-state index contributed by atoms with van der Waals surface area (Å²) in [7, 11) is -7.55. The molecular formula is C15H24FN3O4S2. The van der Waals surface area contributed by atoms with Crippen LogP contribution in [0.4, 0.5) is 10.1 Å². The SMILES string of the molecule is CC(C)S(=O)(=O)Nc1ccc(S(=O)(=O)NCCC2CCNC2)cc1F. The molecule has 10 heteroatoms. The van der Waals surface area contributed by atoms with Crippen molar-refractivity contribution in [3.05, 3.63) is 24.0 Å². The van der Waals surface area contributed by atoms with Crippen molar-refractivity contribution in [2.24, 2.45) is 5.92 Å². The fourth-order valence-electron chi connectivity index (χ4n) is 2.46. The number of halogens is 1. The van der Waals surface area contributed by atoms with Crippen LogP contribution in [0.1, 0.15) is 26.7 Å². The first-order chi connectivity index (χ1) is 11.6. The maximum Gasteiger partial charge on any atom is 0.240 e. The van der Waals surface area contributed by atoms with Gasteiger partial charge in [-0.05, 0) is 63.9 Å². The van der Waals surface area contributed by atoms with Crippen molar-refractivity contribution in [2.75, 3.05) is 24.4 Å². The van der Waals surface area contributed by atoms with E-state index < -0.39 is 31.1 Å². The van der Waals surface area contributed by atoms with E-state index in [9.17, 15) is 21.2 Å². The Morgan fingerprint density at radius 1 is 1.28 bits per heavy atom. The van der Waals surface area contributed by atoms with Crippen LogP contribution in [0.5, 0.6) is 0 Å². The zero-order chi connectivity index (χ0) is 18.7. The Balaban J connectivity index is 2.04. The van der Waals surface area contributed by atoms with E-state index in [1.165, 1.54) is 19.9 Å². The molecule has 0 aliphatic carbocycles. The average molecular weight is 394 g/mol. The maximum atomic E-state index is 14.1. The molecule has 1 heterocycles. The van der Waals surface area contributed by atoms with E-state index in [4.69, 9.17) is 0 Å². The summed E-state index contributed by atoms with van der Waals surface area (Å²) in [5, 5.41) is 2.47. The van der Waals surface area contributed by atoms with Gasteiger partial charge in [0.1, 0.15) is 5.82 Å². The highest BCUT2D eigenvalue weighted by Crippen LogP contribution is 2.21. The quantitative estimate of drug-likeness (QED) is 0.617. The minimum atomic E-state index is -3.84. The van der Waals surface area contributed by atoms with Gasteiger partial charge < -0.3 is 5.32 Å². The van der Waals surface area contributed by atoms with E-state index >= 15 is 0 Å². The van der Waals surface area contributed by atoms with E-state index in [0.29, 0.717) is 12.3 Å². The Kier molecular flexibility index (Phi) is 6.41. The predicted octanol–water partition coefficient (Wildman–Crippen LogP) is 1.25. The van der Waals surface area contributed by atoms with Gasteiger partial charge in [-0.2, -0.15) is 0 Å². The molecule has 2 rings (SSSR count). The number of nitrogens with one attached hydrogen (secondary N) is 3. The van der Waals surface area contributed by atoms with Crippen LogP contribution in [0.25, 0.3) is 0 Å². The first-order valence-corrected chi connectivity index (χ1v) is 11.2. The molecule has 0 aromatic heterocycles. The van der Waals surface area contributed by atoms with Gasteiger partial charge in [-0.1, -0.05) is 0 Å². The van der Waals surface area contributed by atoms with Crippen LogP contribution in [-0.4, -0.2) is 41.7 Å². The minimum Gasteiger partial charge on any atom is -0.316 e. The lowest BCUT2D eigenvalue weighted by Crippen LogP contribution is -2.27. The highest BCUT2D eigenvalue weighted by Gasteiger charge is 2.21. The lowest BCUT2D eigenvalue weighted by molar-refractivity contribution is 0.519. The standard InChI is InChI=1S/C15H24FN3O4S2/c1-11(2)24(20,21)19-15-4-3-13(9-14(15)16)25(22,23)18-8-6-12-5-7-17-10-12/h3-4,9,11-12,17-19H,5-8,10H2,1-2H3. The first-order valence-electron chi connectivity index (χ1n) is 8.13. The molecule has 1 atom stereocenters. The van der Waals surface area contributed by atoms with Crippen molar-refractivity contribution in [3.8, 4) is 0 Å². The summed E-state index contributed by atoms with van der Waals surface area (Å²) >= 11 is 0. The molecule has 1 unspecified atom stereocenters. The van der Waals surface area contributed by atoms with E-state index in [1.807, 2.05) is 0 Å². The molecule has 1 aliphatic heterocycles. The Labute approximate surface area is 148 Å². The van der Waals surface area contributed by atoms with Crippen LogP contribution in [0.3, 0.4) is 0 Å². The molecule has 1 aliphatic rings. The van der Waals surface area contributed by atoms with Crippen molar-refractivity contribution in [1.82, 2.24) is 10.0 Å². The molecule has 3 N–H and O–H groups in total. The van der Waals surface area contributed by atoms with Crippen LogP contribution in [0.15, 0.2) is 23.1 Å². The molecule has 0 amide bonds. The highest BCUT2D eigenvalue weighted by molar-refractivity contribution is 7.93. The van der Waals surface area contributed by atoms with Gasteiger partial charge in [-0.3, -0.25) is 4.72 Å². The van der Waals surface area contributed by atoms with Gasteiger partial charge in [0, 0.05) is 6.54 Å². The topological polar surface area (TPSA) is 104 Å². The van der Waals surface area contributed by atoms with Crippen LogP contribution in [-0.2, 0) is 20.0 Å². The number of sulfonamides is 2. The Hall–Kier alpha value is -1.23. The number of hydrogen-bond acceptors (Lipinski definition) is 5. The summed E-state index contributed by atoms with van der Waals surface area (Å²) < 4.78 is 66.7. The predicted molar refractivity (Wildman–Crippen MR) is 94.9 cm³/mol. The molecule has 1 aromatic carbocycles. The third-order valence-electron chi connectivity index (χ3n) is 4.13. The zero-order valence-corrected chi connectivity index (χ0v) is 15.9. The molecule has 142 valence electrons. The number of rotatable bonds is 8. The molecule has 7 nitrogen and oxygen atoms in total. The molecule has 0 bridgehead atoms. The van der Waals surface area contributed by atoms with Crippen molar-refractivity contribution < 1.29 is 21.2 Å². The van der Waals surface area contributed by atoms with Gasteiger partial charge in [0.2, 0.25) is 20.0 Å². The lowest BCUT2D eigenvalue weighted by Gasteiger charge is -2.13. The molecule has 0 saturated carbocycles. The molecule has 25 heavy (non-hydrogen) atoms. The number of benzene rings is 1. The summed E-state index contributed by atoms with van der Waals surface area (Å²) in [6.07, 6.45) is 1.72. The summed E-state index contributed by atoms with van der Waals surface area (Å²) in [6.45, 7) is 5.02. The zero-order valence-electron chi connectivity index (χ0n) is 14.2. The van der Waals surface area contributed by atoms with E-state index in [-0.39, 0.29) is 17.1 Å². The molecule has 1 fully saturated rings. The minimum absolute atomic E-state index is 0.234. The molecule has 0 radical (unpaired) electrons. The first kappa shape index (κ1) is 20.1. The third kappa shape index (κ3) is 5.37. The van der Waals surface area contributed by atoms with Gasteiger partial charge in [0.25, 0.3) is 0 Å². The Morgan fingerprint density at radius 2 is 2.00 bits per heavy atom. The van der Waals surface area contributed by atoms with Crippen molar-refractivity contribution in [2.45, 2.75) is 36.8 Å². The Bertz CT molecular complexity index is 804. The highest BCUT2D eigenvalue weighted by atomic mass is 32.2. The van der Waals surface area contributed by atoms with Crippen molar-refractivity contribution >= 4 is 25.7 Å². The van der Waals surface area contributed by atoms with E-state index in [1.54, 1.807) is 0 Å². The summed E-state index contributed by atoms with van der Waals surface area (Å²) in [5.41, 5.74) is -0.273. The van der Waals surface area contributed by atoms with Gasteiger partial charge in [0.15, 0.2) is 0 Å². The molecule has 0 spiro atoms. The van der Waals surface area contributed by atoms with Gasteiger partial charge >= 0.3 is 0 Å². The smallest absolute Gasteiger partial charge is 0.240 e. The third-order valence-corrected chi connectivity index (χ3v) is 7.34. The molecular weight excluding hydrogens is 369 g/mol. The fraction of sp³-hybridized carbons (Fsp3) is 0.600. The average Bonchev–Trinajstić information content (AvgIpc) is 3.02. The van der Waals surface area contributed by atoms with Crippen LogP contribution in [0.2, 0.25) is 0 Å². The largest absolute Gasteiger partial charge is 0.316 e. The number of anilines is 1. The van der Waals surface area contributed by atoms with Crippen LogP contribution < -0.4 is 14.8 Å². The monoisotopic (exact) mass is 393 g/mol. The summed E-state index contributed by atoms with van der Waals surface area (Å²) in [4.78, 5) is -0.234. The van der Waals surface area contributed by atoms with Gasteiger partial charge in [-0.15, -0.1) is 0 Å². The second-order valence-electron chi connectivity index (χ2n) is 6.38. The second kappa shape index (κ2) is 7.98.